The molecular formula is C31H39N5O3. The first kappa shape index (κ1) is 27.2. The molecule has 2 saturated heterocycles. The highest BCUT2D eigenvalue weighted by atomic mass is 16.5. The Hall–Kier alpha value is -3.33. The van der Waals surface area contributed by atoms with Gasteiger partial charge in [-0.05, 0) is 81.9 Å². The summed E-state index contributed by atoms with van der Waals surface area (Å²) in [5, 5.41) is 16.3. The molecule has 206 valence electrons. The predicted octanol–water partition coefficient (Wildman–Crippen LogP) is 5.70. The second-order valence-corrected chi connectivity index (χ2v) is 10.9. The molecule has 8 nitrogen and oxygen atoms in total. The van der Waals surface area contributed by atoms with Crippen LogP contribution in [0.5, 0.6) is 0 Å². The van der Waals surface area contributed by atoms with Gasteiger partial charge in [0.1, 0.15) is 17.0 Å². The average molecular weight is 530 g/mol. The van der Waals surface area contributed by atoms with Gasteiger partial charge in [0.25, 0.3) is 0 Å². The number of aromatic nitrogens is 4. The van der Waals surface area contributed by atoms with Crippen LogP contribution in [-0.2, 0) is 9.47 Å². The Balaban J connectivity index is 1.75. The Bertz CT molecular complexity index is 1390. The summed E-state index contributed by atoms with van der Waals surface area (Å²) in [6.45, 7) is 14.5. The summed E-state index contributed by atoms with van der Waals surface area (Å²) in [6.07, 6.45) is 12.4. The van der Waals surface area contributed by atoms with Gasteiger partial charge >= 0.3 is 0 Å². The molecule has 2 atom stereocenters. The summed E-state index contributed by atoms with van der Waals surface area (Å²) in [6, 6.07) is 6.32. The van der Waals surface area contributed by atoms with E-state index in [1.165, 1.54) is 0 Å². The highest BCUT2D eigenvalue weighted by molar-refractivity contribution is 6.01. The maximum atomic E-state index is 10.7. The fourth-order valence-corrected chi connectivity index (χ4v) is 5.18. The Morgan fingerprint density at radius 1 is 1.21 bits per heavy atom. The molecule has 1 unspecified atom stereocenters. The van der Waals surface area contributed by atoms with Crippen molar-refractivity contribution in [2.24, 2.45) is 0 Å². The molecule has 5 heterocycles. The van der Waals surface area contributed by atoms with E-state index in [0.29, 0.717) is 13.2 Å². The van der Waals surface area contributed by atoms with Crippen LogP contribution < -0.4 is 4.90 Å². The van der Waals surface area contributed by atoms with E-state index in [1.807, 2.05) is 42.1 Å². The summed E-state index contributed by atoms with van der Waals surface area (Å²) in [4.78, 5) is 12.4. The van der Waals surface area contributed by atoms with Gasteiger partial charge in [-0.3, -0.25) is 4.98 Å². The lowest BCUT2D eigenvalue weighted by Crippen LogP contribution is -2.44. The standard InChI is InChI=1S/C31H39N5O3/c1-6-9-23(18-21(2)31(4,5)37)25-19-27(35-15-17-38-20-22(35)3)34-29-24(25)11-13-32-30(29)26-12-14-33-36(26)28-10-7-8-16-39-28/h6,9,11-14,18-19,22,28,37H,1,7-8,10,15-17,20H2,2-5H3/b21-18+,23-9+/t22-,28?/m1/s1. The minimum absolute atomic E-state index is 0.115. The van der Waals surface area contributed by atoms with Gasteiger partial charge in [0, 0.05) is 30.9 Å². The van der Waals surface area contributed by atoms with E-state index in [4.69, 9.17) is 19.4 Å². The highest BCUT2D eigenvalue weighted by Crippen LogP contribution is 2.36. The molecule has 0 amide bonds. The number of pyridine rings is 2. The van der Waals surface area contributed by atoms with E-state index in [1.54, 1.807) is 26.1 Å². The fraction of sp³-hybridized carbons (Fsp3) is 0.452. The largest absolute Gasteiger partial charge is 0.386 e. The molecule has 0 aromatic carbocycles. The smallest absolute Gasteiger partial charge is 0.150 e. The number of fused-ring (bicyclic) bond motifs is 1. The molecule has 0 bridgehead atoms. The van der Waals surface area contributed by atoms with Crippen LogP contribution in [0.25, 0.3) is 27.9 Å². The zero-order chi connectivity index (χ0) is 27.6. The summed E-state index contributed by atoms with van der Waals surface area (Å²) < 4.78 is 13.8. The minimum atomic E-state index is -0.955. The Morgan fingerprint density at radius 2 is 2.05 bits per heavy atom. The van der Waals surface area contributed by atoms with Crippen LogP contribution in [0.1, 0.15) is 58.7 Å². The zero-order valence-corrected chi connectivity index (χ0v) is 23.4. The minimum Gasteiger partial charge on any atom is -0.386 e. The maximum Gasteiger partial charge on any atom is 0.150 e. The molecule has 8 heteroatoms. The van der Waals surface area contributed by atoms with Gasteiger partial charge < -0.3 is 19.5 Å². The third-order valence-corrected chi connectivity index (χ3v) is 7.66. The number of hydrogen-bond acceptors (Lipinski definition) is 7. The molecule has 0 aliphatic carbocycles. The first-order valence-corrected chi connectivity index (χ1v) is 13.8. The van der Waals surface area contributed by atoms with Gasteiger partial charge in [0.05, 0.1) is 30.6 Å². The maximum absolute atomic E-state index is 10.7. The van der Waals surface area contributed by atoms with Crippen LogP contribution in [0.4, 0.5) is 5.82 Å². The van der Waals surface area contributed by atoms with E-state index < -0.39 is 5.60 Å². The van der Waals surface area contributed by atoms with Crippen LogP contribution in [0.3, 0.4) is 0 Å². The third-order valence-electron chi connectivity index (χ3n) is 7.66. The molecule has 1 N–H and O–H groups in total. The van der Waals surface area contributed by atoms with Crippen molar-refractivity contribution in [2.75, 3.05) is 31.3 Å². The lowest BCUT2D eigenvalue weighted by molar-refractivity contribution is -0.0383. The van der Waals surface area contributed by atoms with Crippen LogP contribution in [-0.4, -0.2) is 62.9 Å². The Morgan fingerprint density at radius 3 is 2.77 bits per heavy atom. The van der Waals surface area contributed by atoms with Crippen molar-refractivity contribution in [1.82, 2.24) is 19.7 Å². The third kappa shape index (κ3) is 5.69. The summed E-state index contributed by atoms with van der Waals surface area (Å²) >= 11 is 0. The second-order valence-electron chi connectivity index (χ2n) is 10.9. The van der Waals surface area contributed by atoms with E-state index in [9.17, 15) is 5.11 Å². The number of aliphatic hydroxyl groups is 1. The highest BCUT2D eigenvalue weighted by Gasteiger charge is 2.26. The number of hydrogen-bond donors (Lipinski definition) is 1. The van der Waals surface area contributed by atoms with Gasteiger partial charge in [-0.1, -0.05) is 24.8 Å². The number of anilines is 1. The van der Waals surface area contributed by atoms with E-state index in [0.717, 1.165) is 77.2 Å². The Kier molecular flexibility index (Phi) is 7.98. The summed E-state index contributed by atoms with van der Waals surface area (Å²) in [5.74, 6) is 0.867. The molecule has 2 aliphatic heterocycles. The quantitative estimate of drug-likeness (QED) is 0.393. The lowest BCUT2D eigenvalue weighted by Gasteiger charge is -2.35. The number of morpholine rings is 1. The summed E-state index contributed by atoms with van der Waals surface area (Å²) in [5.41, 5.74) is 4.29. The van der Waals surface area contributed by atoms with Gasteiger partial charge in [0.2, 0.25) is 0 Å². The molecular weight excluding hydrogens is 490 g/mol. The number of rotatable bonds is 7. The fourth-order valence-electron chi connectivity index (χ4n) is 5.18. The average Bonchev–Trinajstić information content (AvgIpc) is 3.42. The van der Waals surface area contributed by atoms with Crippen LogP contribution in [0.2, 0.25) is 0 Å². The lowest BCUT2D eigenvalue weighted by atomic mass is 9.93. The van der Waals surface area contributed by atoms with Crippen LogP contribution in [0, 0.1) is 0 Å². The second kappa shape index (κ2) is 11.4. The van der Waals surface area contributed by atoms with Gasteiger partial charge in [0.15, 0.2) is 6.23 Å². The van der Waals surface area contributed by atoms with Crippen molar-refractivity contribution in [3.8, 4) is 11.4 Å². The topological polar surface area (TPSA) is 85.5 Å². The predicted molar refractivity (Wildman–Crippen MR) is 155 cm³/mol. The first-order valence-electron chi connectivity index (χ1n) is 13.8. The molecule has 39 heavy (non-hydrogen) atoms. The molecule has 0 saturated carbocycles. The molecule has 0 radical (unpaired) electrons. The van der Waals surface area contributed by atoms with Crippen molar-refractivity contribution < 1.29 is 14.6 Å². The zero-order valence-electron chi connectivity index (χ0n) is 23.4. The van der Waals surface area contributed by atoms with Crippen molar-refractivity contribution in [3.63, 3.8) is 0 Å². The van der Waals surface area contributed by atoms with Gasteiger partial charge in [-0.15, -0.1) is 0 Å². The number of allylic oxidation sites excluding steroid dienone is 4. The molecule has 2 fully saturated rings. The van der Waals surface area contributed by atoms with Gasteiger partial charge in [-0.25, -0.2) is 9.67 Å². The molecule has 2 aliphatic rings. The normalized spacial score (nSPS) is 21.4. The number of ether oxygens (including phenoxy) is 2. The van der Waals surface area contributed by atoms with E-state index in [2.05, 4.69) is 29.6 Å². The van der Waals surface area contributed by atoms with Crippen molar-refractivity contribution in [1.29, 1.82) is 0 Å². The first-order chi connectivity index (χ1) is 18.8. The van der Waals surface area contributed by atoms with Crippen LogP contribution in [0.15, 0.2) is 61.0 Å². The van der Waals surface area contributed by atoms with Crippen LogP contribution >= 0.6 is 0 Å². The van der Waals surface area contributed by atoms with Crippen molar-refractivity contribution >= 4 is 22.3 Å². The molecule has 0 spiro atoms. The number of nitrogens with zero attached hydrogens (tertiary/aromatic N) is 5. The van der Waals surface area contributed by atoms with Crippen molar-refractivity contribution in [3.05, 3.63) is 66.5 Å². The molecule has 3 aromatic heterocycles. The molecule has 5 rings (SSSR count). The van der Waals surface area contributed by atoms with E-state index in [-0.39, 0.29) is 12.3 Å². The van der Waals surface area contributed by atoms with Gasteiger partial charge in [-0.2, -0.15) is 5.10 Å². The van der Waals surface area contributed by atoms with Crippen molar-refractivity contribution in [2.45, 2.75) is 64.8 Å². The monoisotopic (exact) mass is 529 g/mol. The Labute approximate surface area is 230 Å². The summed E-state index contributed by atoms with van der Waals surface area (Å²) in [7, 11) is 0. The van der Waals surface area contributed by atoms with E-state index >= 15 is 0 Å². The molecule has 3 aromatic rings. The SMILES string of the molecule is C=C/C=C(\C=C(/C)C(C)(C)O)c1cc(N2CCOC[C@H]2C)nc2c(-c3ccnn3C3CCCCO3)nccc12.